The number of aromatic nitrogens is 2. The molecule has 1 aromatic carbocycles. The number of benzene rings is 1. The van der Waals surface area contributed by atoms with Crippen molar-refractivity contribution in [1.82, 2.24) is 9.55 Å². The molecule has 0 saturated carbocycles. The highest BCUT2D eigenvalue weighted by molar-refractivity contribution is 5.43. The van der Waals surface area contributed by atoms with Crippen LogP contribution in [0.15, 0.2) is 49.3 Å². The van der Waals surface area contributed by atoms with E-state index in [1.54, 1.807) is 19.4 Å². The minimum Gasteiger partial charge on any atom is -0.380 e. The van der Waals surface area contributed by atoms with E-state index in [1.807, 2.05) is 29.0 Å². The summed E-state index contributed by atoms with van der Waals surface area (Å²) in [6, 6.07) is 8.19. The number of nitrogens with zero attached hydrogens (tertiary/aromatic N) is 2. The van der Waals surface area contributed by atoms with Crippen LogP contribution in [0.1, 0.15) is 5.56 Å². The van der Waals surface area contributed by atoms with E-state index in [0.717, 1.165) is 17.2 Å². The van der Waals surface area contributed by atoms with Gasteiger partial charge in [-0.05, 0) is 17.7 Å². The largest absolute Gasteiger partial charge is 0.380 e. The molecule has 1 N–H and O–H groups in total. The summed E-state index contributed by atoms with van der Waals surface area (Å²) < 4.78 is 7.14. The first-order valence-corrected chi connectivity index (χ1v) is 5.81. The first-order chi connectivity index (χ1) is 8.85. The zero-order valence-electron chi connectivity index (χ0n) is 10.5. The van der Waals surface area contributed by atoms with Gasteiger partial charge in [0.15, 0.2) is 0 Å². The Labute approximate surface area is 107 Å². The predicted molar refractivity (Wildman–Crippen MR) is 73.0 cm³/mol. The zero-order chi connectivity index (χ0) is 12.8. The van der Waals surface area contributed by atoms with Gasteiger partial charge in [0.2, 0.25) is 5.95 Å². The Morgan fingerprint density at radius 2 is 2.39 bits per heavy atom. The Balaban J connectivity index is 2.27. The highest BCUT2D eigenvalue weighted by Gasteiger charge is 2.04. The van der Waals surface area contributed by atoms with Gasteiger partial charge in [-0.2, -0.15) is 0 Å². The molecule has 0 spiro atoms. The van der Waals surface area contributed by atoms with Gasteiger partial charge in [-0.3, -0.25) is 4.57 Å². The molecule has 0 amide bonds. The maximum Gasteiger partial charge on any atom is 0.207 e. The highest BCUT2D eigenvalue weighted by atomic mass is 16.5. The topological polar surface area (TPSA) is 39.1 Å². The second kappa shape index (κ2) is 6.02. The van der Waals surface area contributed by atoms with Crippen molar-refractivity contribution in [2.24, 2.45) is 0 Å². The number of hydrogen-bond acceptors (Lipinski definition) is 3. The number of anilines is 1. The molecule has 0 atom stereocenters. The smallest absolute Gasteiger partial charge is 0.207 e. The lowest BCUT2D eigenvalue weighted by atomic mass is 10.2. The lowest BCUT2D eigenvalue weighted by Crippen LogP contribution is -2.05. The van der Waals surface area contributed by atoms with E-state index in [1.165, 1.54) is 0 Å². The first kappa shape index (κ1) is 12.4. The molecule has 0 bridgehead atoms. The quantitative estimate of drug-likeness (QED) is 0.793. The molecule has 0 aliphatic carbocycles. The number of rotatable bonds is 6. The maximum absolute atomic E-state index is 5.14. The number of imidazole rings is 1. The van der Waals surface area contributed by atoms with Crippen LogP contribution in [0.2, 0.25) is 0 Å². The van der Waals surface area contributed by atoms with Crippen LogP contribution in [-0.2, 0) is 11.3 Å². The van der Waals surface area contributed by atoms with Crippen molar-refractivity contribution >= 4 is 5.95 Å². The Bertz CT molecular complexity index is 519. The van der Waals surface area contributed by atoms with E-state index >= 15 is 0 Å². The molecule has 2 aromatic rings. The summed E-state index contributed by atoms with van der Waals surface area (Å²) in [6.07, 6.45) is 5.51. The molecule has 1 heterocycles. The van der Waals surface area contributed by atoms with E-state index in [0.29, 0.717) is 13.2 Å². The van der Waals surface area contributed by atoms with E-state index in [9.17, 15) is 0 Å². The fourth-order valence-corrected chi connectivity index (χ4v) is 1.77. The van der Waals surface area contributed by atoms with Gasteiger partial charge in [-0.1, -0.05) is 18.2 Å². The SMILES string of the molecule is C=CCNc1nccn1-c1cccc(COC)c1. The predicted octanol–water partition coefficient (Wildman–Crippen LogP) is 2.62. The summed E-state index contributed by atoms with van der Waals surface area (Å²) in [5.74, 6) is 0.810. The van der Waals surface area contributed by atoms with Crippen LogP contribution >= 0.6 is 0 Å². The monoisotopic (exact) mass is 243 g/mol. The molecule has 4 heteroatoms. The normalized spacial score (nSPS) is 10.3. The Morgan fingerprint density at radius 1 is 1.50 bits per heavy atom. The molecule has 2 rings (SSSR count). The van der Waals surface area contributed by atoms with Gasteiger partial charge >= 0.3 is 0 Å². The molecule has 0 unspecified atom stereocenters. The van der Waals surface area contributed by atoms with Crippen LogP contribution in [0.3, 0.4) is 0 Å². The van der Waals surface area contributed by atoms with Crippen LogP contribution in [0, 0.1) is 0 Å². The van der Waals surface area contributed by atoms with Gasteiger partial charge in [-0.25, -0.2) is 4.98 Å². The van der Waals surface area contributed by atoms with Gasteiger partial charge in [-0.15, -0.1) is 6.58 Å². The molecule has 0 saturated heterocycles. The van der Waals surface area contributed by atoms with Gasteiger partial charge < -0.3 is 10.1 Å². The van der Waals surface area contributed by atoms with E-state index in [-0.39, 0.29) is 0 Å². The molecule has 1 aromatic heterocycles. The lowest BCUT2D eigenvalue weighted by Gasteiger charge is -2.10. The third-order valence-corrected chi connectivity index (χ3v) is 2.54. The maximum atomic E-state index is 5.14. The van der Waals surface area contributed by atoms with Gasteiger partial charge in [0, 0.05) is 31.7 Å². The van der Waals surface area contributed by atoms with Crippen molar-refractivity contribution in [2.75, 3.05) is 19.0 Å². The lowest BCUT2D eigenvalue weighted by molar-refractivity contribution is 0.185. The fraction of sp³-hybridized carbons (Fsp3) is 0.214. The minimum atomic E-state index is 0.609. The second-order valence-electron chi connectivity index (χ2n) is 3.89. The summed E-state index contributed by atoms with van der Waals surface area (Å²) in [5, 5.41) is 3.20. The highest BCUT2D eigenvalue weighted by Crippen LogP contribution is 2.16. The Kier molecular flexibility index (Phi) is 4.15. The summed E-state index contributed by atoms with van der Waals surface area (Å²) in [7, 11) is 1.70. The molecule has 0 fully saturated rings. The number of nitrogens with one attached hydrogen (secondary N) is 1. The van der Waals surface area contributed by atoms with E-state index < -0.39 is 0 Å². The summed E-state index contributed by atoms with van der Waals surface area (Å²) in [6.45, 7) is 4.98. The molecule has 94 valence electrons. The third kappa shape index (κ3) is 2.78. The van der Waals surface area contributed by atoms with Crippen molar-refractivity contribution in [1.29, 1.82) is 0 Å². The molecule has 0 aliphatic rings. The standard InChI is InChI=1S/C14H17N3O/c1-3-7-15-14-16-8-9-17(14)13-6-4-5-12(10-13)11-18-2/h3-6,8-10H,1,7,11H2,2H3,(H,15,16). The van der Waals surface area contributed by atoms with Crippen molar-refractivity contribution in [3.63, 3.8) is 0 Å². The molecule has 18 heavy (non-hydrogen) atoms. The zero-order valence-corrected chi connectivity index (χ0v) is 10.5. The second-order valence-corrected chi connectivity index (χ2v) is 3.89. The van der Waals surface area contributed by atoms with E-state index in [2.05, 4.69) is 22.9 Å². The van der Waals surface area contributed by atoms with Crippen LogP contribution in [0.25, 0.3) is 5.69 Å². The molecule has 0 aliphatic heterocycles. The van der Waals surface area contributed by atoms with E-state index in [4.69, 9.17) is 4.74 Å². The van der Waals surface area contributed by atoms with Crippen LogP contribution < -0.4 is 5.32 Å². The number of methoxy groups -OCH3 is 1. The van der Waals surface area contributed by atoms with Crippen LogP contribution in [0.4, 0.5) is 5.95 Å². The first-order valence-electron chi connectivity index (χ1n) is 5.81. The van der Waals surface area contributed by atoms with Crippen molar-refractivity contribution in [3.8, 4) is 5.69 Å². The average molecular weight is 243 g/mol. The van der Waals surface area contributed by atoms with Gasteiger partial charge in [0.1, 0.15) is 0 Å². The Hall–Kier alpha value is -2.07. The molecule has 4 nitrogen and oxygen atoms in total. The molecule has 0 radical (unpaired) electrons. The van der Waals surface area contributed by atoms with Gasteiger partial charge in [0.25, 0.3) is 0 Å². The van der Waals surface area contributed by atoms with Crippen LogP contribution in [-0.4, -0.2) is 23.2 Å². The van der Waals surface area contributed by atoms with Crippen molar-refractivity contribution in [3.05, 3.63) is 54.9 Å². The summed E-state index contributed by atoms with van der Waals surface area (Å²) >= 11 is 0. The van der Waals surface area contributed by atoms with Crippen molar-refractivity contribution < 1.29 is 4.74 Å². The number of ether oxygens (including phenoxy) is 1. The third-order valence-electron chi connectivity index (χ3n) is 2.54. The average Bonchev–Trinajstić information content (AvgIpc) is 2.85. The number of hydrogen-bond donors (Lipinski definition) is 1. The van der Waals surface area contributed by atoms with Crippen LogP contribution in [0.5, 0.6) is 0 Å². The summed E-state index contributed by atoms with van der Waals surface area (Å²) in [4.78, 5) is 4.28. The minimum absolute atomic E-state index is 0.609. The molecular weight excluding hydrogens is 226 g/mol. The Morgan fingerprint density at radius 3 is 3.17 bits per heavy atom. The van der Waals surface area contributed by atoms with Crippen molar-refractivity contribution in [2.45, 2.75) is 6.61 Å². The van der Waals surface area contributed by atoms with Gasteiger partial charge in [0.05, 0.1) is 6.61 Å². The molecular formula is C14H17N3O. The summed E-state index contributed by atoms with van der Waals surface area (Å²) in [5.41, 5.74) is 2.20. The fourth-order valence-electron chi connectivity index (χ4n) is 1.77.